The lowest BCUT2D eigenvalue weighted by Crippen LogP contribution is -2.52. The number of hydrazine groups is 1. The van der Waals surface area contributed by atoms with Crippen LogP contribution in [0.3, 0.4) is 0 Å². The lowest BCUT2D eigenvalue weighted by Gasteiger charge is -2.36. The van der Waals surface area contributed by atoms with Crippen molar-refractivity contribution in [1.29, 1.82) is 0 Å². The first-order valence-electron chi connectivity index (χ1n) is 4.70. The molecule has 0 spiro atoms. The molecule has 0 aromatic carbocycles. The summed E-state index contributed by atoms with van der Waals surface area (Å²) >= 11 is 0. The maximum absolute atomic E-state index is 5.46. The van der Waals surface area contributed by atoms with Gasteiger partial charge >= 0.3 is 0 Å². The highest BCUT2D eigenvalue weighted by Gasteiger charge is 2.23. The fourth-order valence-electron chi connectivity index (χ4n) is 1.54. The minimum Gasteiger partial charge on any atom is -0.339 e. The van der Waals surface area contributed by atoms with Crippen molar-refractivity contribution in [3.8, 4) is 0 Å². The van der Waals surface area contributed by atoms with Gasteiger partial charge in [0.2, 0.25) is 6.41 Å². The first-order chi connectivity index (χ1) is 5.97. The fourth-order valence-corrected chi connectivity index (χ4v) is 1.54. The summed E-state index contributed by atoms with van der Waals surface area (Å²) < 4.78 is 10.9. The van der Waals surface area contributed by atoms with Crippen molar-refractivity contribution in [3.63, 3.8) is 0 Å². The van der Waals surface area contributed by atoms with Crippen LogP contribution < -0.4 is 5.43 Å². The van der Waals surface area contributed by atoms with E-state index in [0.717, 1.165) is 32.7 Å². The summed E-state index contributed by atoms with van der Waals surface area (Å²) in [6.45, 7) is 3.72. The normalized spacial score (nSPS) is 29.0. The van der Waals surface area contributed by atoms with Gasteiger partial charge in [-0.05, 0) is 19.3 Å². The second-order valence-electron chi connectivity index (χ2n) is 3.21. The molecule has 2 aliphatic rings. The number of ether oxygens (including phenoxy) is 2. The Morgan fingerprint density at radius 2 is 1.92 bits per heavy atom. The van der Waals surface area contributed by atoms with Crippen LogP contribution in [-0.4, -0.2) is 37.7 Å². The molecule has 0 atom stereocenters. The van der Waals surface area contributed by atoms with E-state index < -0.39 is 0 Å². The highest BCUT2D eigenvalue weighted by Crippen LogP contribution is 2.11. The van der Waals surface area contributed by atoms with Crippen LogP contribution in [0.25, 0.3) is 0 Å². The van der Waals surface area contributed by atoms with Gasteiger partial charge in [0.1, 0.15) is 0 Å². The monoisotopic (exact) mass is 172 g/mol. The Morgan fingerprint density at radius 1 is 1.08 bits per heavy atom. The van der Waals surface area contributed by atoms with Gasteiger partial charge in [-0.15, -0.1) is 0 Å². The number of hydrogen-bond acceptors (Lipinski definition) is 4. The van der Waals surface area contributed by atoms with Gasteiger partial charge in [-0.1, -0.05) is 0 Å². The molecule has 0 radical (unpaired) electrons. The van der Waals surface area contributed by atoms with E-state index in [1.165, 1.54) is 12.8 Å². The van der Waals surface area contributed by atoms with E-state index in [1.54, 1.807) is 0 Å². The Kier molecular flexibility index (Phi) is 2.94. The number of rotatable bonds is 1. The molecule has 0 amide bonds. The number of nitrogens with zero attached hydrogens (tertiary/aromatic N) is 1. The Morgan fingerprint density at radius 3 is 2.58 bits per heavy atom. The van der Waals surface area contributed by atoms with Gasteiger partial charge in [-0.25, -0.2) is 0 Å². The third-order valence-corrected chi connectivity index (χ3v) is 2.20. The SMILES string of the molecule is C1CCN(C2OCCCO2)NC1. The van der Waals surface area contributed by atoms with Crippen LogP contribution in [0.2, 0.25) is 0 Å². The van der Waals surface area contributed by atoms with E-state index in [1.807, 2.05) is 0 Å². The van der Waals surface area contributed by atoms with Crippen molar-refractivity contribution >= 4 is 0 Å². The van der Waals surface area contributed by atoms with Gasteiger partial charge in [0.25, 0.3) is 0 Å². The van der Waals surface area contributed by atoms with Crippen LogP contribution in [0, 0.1) is 0 Å². The van der Waals surface area contributed by atoms with Crippen LogP contribution in [0.15, 0.2) is 0 Å². The second kappa shape index (κ2) is 4.18. The molecule has 0 saturated carbocycles. The zero-order chi connectivity index (χ0) is 8.23. The molecule has 0 bridgehead atoms. The van der Waals surface area contributed by atoms with Gasteiger partial charge in [0.05, 0.1) is 13.2 Å². The van der Waals surface area contributed by atoms with Crippen LogP contribution in [0.4, 0.5) is 0 Å². The van der Waals surface area contributed by atoms with Crippen molar-refractivity contribution in [1.82, 2.24) is 10.4 Å². The second-order valence-corrected chi connectivity index (χ2v) is 3.21. The summed E-state index contributed by atoms with van der Waals surface area (Å²) in [5.74, 6) is 0. The van der Waals surface area contributed by atoms with Crippen LogP contribution in [-0.2, 0) is 9.47 Å². The predicted molar refractivity (Wildman–Crippen MR) is 44.3 cm³/mol. The van der Waals surface area contributed by atoms with E-state index >= 15 is 0 Å². The van der Waals surface area contributed by atoms with Crippen molar-refractivity contribution in [2.24, 2.45) is 0 Å². The zero-order valence-electron chi connectivity index (χ0n) is 7.29. The summed E-state index contributed by atoms with van der Waals surface area (Å²) in [6.07, 6.45) is 3.36. The topological polar surface area (TPSA) is 33.7 Å². The number of hydrogen-bond donors (Lipinski definition) is 1. The molecule has 0 unspecified atom stereocenters. The molecule has 70 valence electrons. The van der Waals surface area contributed by atoms with Gasteiger partial charge in [0, 0.05) is 13.1 Å². The summed E-state index contributed by atoms with van der Waals surface area (Å²) in [4.78, 5) is 0. The lowest BCUT2D eigenvalue weighted by atomic mass is 10.3. The van der Waals surface area contributed by atoms with Gasteiger partial charge in [0.15, 0.2) is 0 Å². The van der Waals surface area contributed by atoms with E-state index in [9.17, 15) is 0 Å². The molecule has 0 aliphatic carbocycles. The fraction of sp³-hybridized carbons (Fsp3) is 1.00. The van der Waals surface area contributed by atoms with Crippen LogP contribution in [0.5, 0.6) is 0 Å². The third-order valence-electron chi connectivity index (χ3n) is 2.20. The van der Waals surface area contributed by atoms with Gasteiger partial charge in [-0.3, -0.25) is 5.43 Å². The zero-order valence-corrected chi connectivity index (χ0v) is 7.29. The molecule has 4 nitrogen and oxygen atoms in total. The maximum Gasteiger partial charge on any atom is 0.231 e. The van der Waals surface area contributed by atoms with E-state index in [-0.39, 0.29) is 6.41 Å². The highest BCUT2D eigenvalue weighted by molar-refractivity contribution is 4.61. The molecule has 1 N–H and O–H groups in total. The summed E-state index contributed by atoms with van der Waals surface area (Å²) in [5, 5.41) is 2.06. The average Bonchev–Trinajstić information content (AvgIpc) is 2.21. The molecule has 0 aromatic rings. The van der Waals surface area contributed by atoms with Crippen molar-refractivity contribution in [2.45, 2.75) is 25.7 Å². The molecule has 0 aromatic heterocycles. The van der Waals surface area contributed by atoms with E-state index in [2.05, 4.69) is 10.4 Å². The molecular weight excluding hydrogens is 156 g/mol. The molecule has 2 rings (SSSR count). The third kappa shape index (κ3) is 1.95. The van der Waals surface area contributed by atoms with Crippen molar-refractivity contribution < 1.29 is 9.47 Å². The summed E-state index contributed by atoms with van der Waals surface area (Å²) in [5.41, 5.74) is 3.27. The maximum atomic E-state index is 5.46. The smallest absolute Gasteiger partial charge is 0.231 e. The Labute approximate surface area is 72.8 Å². The molecule has 2 aliphatic heterocycles. The predicted octanol–water partition coefficient (Wildman–Crippen LogP) is 0.307. The van der Waals surface area contributed by atoms with Crippen LogP contribution >= 0.6 is 0 Å². The van der Waals surface area contributed by atoms with Crippen molar-refractivity contribution in [3.05, 3.63) is 0 Å². The highest BCUT2D eigenvalue weighted by atomic mass is 16.7. The van der Waals surface area contributed by atoms with Gasteiger partial charge < -0.3 is 9.47 Å². The first kappa shape index (κ1) is 8.44. The summed E-state index contributed by atoms with van der Waals surface area (Å²) in [6, 6.07) is 0. The average molecular weight is 172 g/mol. The molecule has 2 fully saturated rings. The molecule has 4 heteroatoms. The van der Waals surface area contributed by atoms with E-state index in [0.29, 0.717) is 0 Å². The molecule has 2 heterocycles. The minimum absolute atomic E-state index is 0.140. The standard InChI is InChI=1S/C8H16N2O2/c1-2-5-10(9-4-1)8-11-6-3-7-12-8/h8-9H,1-7H2. The Balaban J connectivity index is 1.80. The summed E-state index contributed by atoms with van der Waals surface area (Å²) in [7, 11) is 0. The minimum atomic E-state index is -0.140. The Bertz CT molecular complexity index is 115. The van der Waals surface area contributed by atoms with Crippen LogP contribution in [0.1, 0.15) is 19.3 Å². The van der Waals surface area contributed by atoms with Crippen molar-refractivity contribution in [2.75, 3.05) is 26.3 Å². The van der Waals surface area contributed by atoms with E-state index in [4.69, 9.17) is 9.47 Å². The molecular formula is C8H16N2O2. The Hall–Kier alpha value is -0.160. The lowest BCUT2D eigenvalue weighted by molar-refractivity contribution is -0.267. The first-order valence-corrected chi connectivity index (χ1v) is 4.70. The molecule has 2 saturated heterocycles. The van der Waals surface area contributed by atoms with Gasteiger partial charge in [-0.2, -0.15) is 5.01 Å². The molecule has 12 heavy (non-hydrogen) atoms. The largest absolute Gasteiger partial charge is 0.339 e. The number of nitrogens with one attached hydrogen (secondary N) is 1. The quantitative estimate of drug-likeness (QED) is 0.617.